The summed E-state index contributed by atoms with van der Waals surface area (Å²) in [5, 5.41) is 11.2. The Kier molecular flexibility index (Phi) is 4.77. The Hall–Kier alpha value is -3.11. The number of aryl methyl sites for hydroxylation is 1. The number of benzene rings is 2. The van der Waals surface area contributed by atoms with E-state index in [4.69, 9.17) is 5.73 Å². The molecule has 0 aliphatic rings. The number of anilines is 1. The van der Waals surface area contributed by atoms with Crippen LogP contribution >= 0.6 is 0 Å². The Morgan fingerprint density at radius 1 is 0.929 bits per heavy atom. The topological polar surface area (TPSA) is 69.6 Å². The first-order chi connectivity index (χ1) is 12.9. The van der Waals surface area contributed by atoms with Crippen molar-refractivity contribution in [1.82, 2.24) is 20.2 Å². The number of nitrogen functional groups attached to an aromatic ring is 1. The molecule has 0 aliphatic heterocycles. The Morgan fingerprint density at radius 3 is 2.07 bits per heavy atom. The van der Waals surface area contributed by atoms with Crippen LogP contribution < -0.4 is 5.73 Å². The van der Waals surface area contributed by atoms with Crippen LogP contribution in [0.2, 0.25) is 0 Å². The summed E-state index contributed by atoms with van der Waals surface area (Å²) in [6.45, 7) is 1.92. The number of nitrogens with two attached hydrogens (primary N) is 1. The van der Waals surface area contributed by atoms with E-state index in [1.54, 1.807) is 25.1 Å². The van der Waals surface area contributed by atoms with Crippen LogP contribution in [0.5, 0.6) is 0 Å². The molecule has 148 valence electrons. The highest BCUT2D eigenvalue weighted by atomic mass is 19.4. The highest BCUT2D eigenvalue weighted by Crippen LogP contribution is 2.37. The monoisotopic (exact) mass is 401 g/mol. The normalized spacial score (nSPS) is 12.4. The number of nitrogens with zero attached hydrogens (tertiary/aromatic N) is 4. The zero-order valence-electron chi connectivity index (χ0n) is 14.3. The third-order valence-corrected chi connectivity index (χ3v) is 3.96. The van der Waals surface area contributed by atoms with E-state index in [9.17, 15) is 26.3 Å². The second-order valence-corrected chi connectivity index (χ2v) is 6.13. The summed E-state index contributed by atoms with van der Waals surface area (Å²) in [6.07, 6.45) is -9.90. The van der Waals surface area contributed by atoms with Crippen LogP contribution in [0.1, 0.15) is 22.3 Å². The molecule has 5 nitrogen and oxygen atoms in total. The molecular formula is C17H13F6N5. The molecule has 0 unspecified atom stereocenters. The van der Waals surface area contributed by atoms with E-state index in [1.807, 2.05) is 0 Å². The van der Waals surface area contributed by atoms with Crippen LogP contribution in [0.3, 0.4) is 0 Å². The van der Waals surface area contributed by atoms with E-state index < -0.39 is 29.0 Å². The van der Waals surface area contributed by atoms with Gasteiger partial charge in [-0.05, 0) is 47.5 Å². The average molecular weight is 401 g/mol. The first kappa shape index (κ1) is 19.6. The van der Waals surface area contributed by atoms with Gasteiger partial charge in [-0.3, -0.25) is 0 Å². The first-order valence-corrected chi connectivity index (χ1v) is 7.86. The summed E-state index contributed by atoms with van der Waals surface area (Å²) in [7, 11) is 0. The van der Waals surface area contributed by atoms with Gasteiger partial charge >= 0.3 is 12.4 Å². The fraction of sp³-hybridized carbons (Fsp3) is 0.235. The quantitative estimate of drug-likeness (QED) is 0.524. The molecule has 0 fully saturated rings. The Morgan fingerprint density at radius 2 is 1.54 bits per heavy atom. The number of aromatic nitrogens is 4. The maximum absolute atomic E-state index is 13.0. The van der Waals surface area contributed by atoms with Gasteiger partial charge in [-0.1, -0.05) is 12.1 Å². The largest absolute Gasteiger partial charge is 0.416 e. The number of tetrazole rings is 1. The molecule has 0 amide bonds. The Balaban J connectivity index is 1.96. The molecule has 2 aromatic carbocycles. The summed E-state index contributed by atoms with van der Waals surface area (Å²) in [6, 6.07) is 6.31. The van der Waals surface area contributed by atoms with E-state index in [-0.39, 0.29) is 18.4 Å². The molecule has 0 spiro atoms. The van der Waals surface area contributed by atoms with Gasteiger partial charge in [-0.2, -0.15) is 31.1 Å². The number of halogens is 6. The maximum atomic E-state index is 13.0. The third-order valence-electron chi connectivity index (χ3n) is 3.96. The lowest BCUT2D eigenvalue weighted by molar-refractivity contribution is -0.143. The van der Waals surface area contributed by atoms with Crippen molar-refractivity contribution in [2.45, 2.75) is 25.8 Å². The van der Waals surface area contributed by atoms with Gasteiger partial charge in [0, 0.05) is 11.3 Å². The molecule has 28 heavy (non-hydrogen) atoms. The zero-order chi connectivity index (χ0) is 20.7. The van der Waals surface area contributed by atoms with E-state index >= 15 is 0 Å². The summed E-state index contributed by atoms with van der Waals surface area (Å²) in [5.74, 6) is -0.344. The molecule has 0 radical (unpaired) electrons. The lowest BCUT2D eigenvalue weighted by atomic mass is 10.0. The molecule has 3 rings (SSSR count). The lowest BCUT2D eigenvalue weighted by Crippen LogP contribution is -2.11. The van der Waals surface area contributed by atoms with E-state index in [2.05, 4.69) is 15.4 Å². The van der Waals surface area contributed by atoms with Crippen molar-refractivity contribution >= 4 is 5.69 Å². The molecule has 3 aromatic rings. The molecular weight excluding hydrogens is 388 g/mol. The van der Waals surface area contributed by atoms with Crippen molar-refractivity contribution in [1.29, 1.82) is 0 Å². The van der Waals surface area contributed by atoms with E-state index in [0.717, 1.165) is 15.9 Å². The zero-order valence-corrected chi connectivity index (χ0v) is 14.3. The van der Waals surface area contributed by atoms with Gasteiger partial charge in [0.15, 0.2) is 0 Å². The number of hydrogen-bond acceptors (Lipinski definition) is 4. The van der Waals surface area contributed by atoms with Crippen molar-refractivity contribution in [2.75, 3.05) is 5.73 Å². The van der Waals surface area contributed by atoms with Crippen LogP contribution in [0, 0.1) is 6.92 Å². The van der Waals surface area contributed by atoms with Crippen molar-refractivity contribution in [3.63, 3.8) is 0 Å². The van der Waals surface area contributed by atoms with Gasteiger partial charge in [-0.15, -0.1) is 10.2 Å². The van der Waals surface area contributed by atoms with Gasteiger partial charge < -0.3 is 5.73 Å². The molecule has 1 heterocycles. The SMILES string of the molecule is Cc1cc(Cn2nnc(-c3cc(C(F)(F)F)cc(C(F)(F)F)c3)n2)ccc1N. The van der Waals surface area contributed by atoms with Crippen LogP contribution in [0.4, 0.5) is 32.0 Å². The fourth-order valence-corrected chi connectivity index (χ4v) is 2.51. The summed E-state index contributed by atoms with van der Waals surface area (Å²) < 4.78 is 77.9. The molecule has 11 heteroatoms. The molecule has 0 saturated carbocycles. The van der Waals surface area contributed by atoms with Gasteiger partial charge in [0.25, 0.3) is 0 Å². The maximum Gasteiger partial charge on any atom is 0.416 e. The predicted octanol–water partition coefficient (Wildman–Crippen LogP) is 4.32. The molecule has 2 N–H and O–H groups in total. The lowest BCUT2D eigenvalue weighted by Gasteiger charge is -2.12. The minimum Gasteiger partial charge on any atom is -0.399 e. The third kappa shape index (κ3) is 4.24. The second-order valence-electron chi connectivity index (χ2n) is 6.13. The second kappa shape index (κ2) is 6.80. The molecule has 1 aromatic heterocycles. The predicted molar refractivity (Wildman–Crippen MR) is 88.0 cm³/mol. The molecule has 0 aliphatic carbocycles. The average Bonchev–Trinajstić information content (AvgIpc) is 3.05. The van der Waals surface area contributed by atoms with E-state index in [1.165, 1.54) is 0 Å². The van der Waals surface area contributed by atoms with Gasteiger partial charge in [0.1, 0.15) is 0 Å². The van der Waals surface area contributed by atoms with Crippen LogP contribution in [-0.2, 0) is 18.9 Å². The van der Waals surface area contributed by atoms with Crippen LogP contribution in [0.15, 0.2) is 36.4 Å². The van der Waals surface area contributed by atoms with Crippen LogP contribution in [0.25, 0.3) is 11.4 Å². The van der Waals surface area contributed by atoms with Crippen molar-refractivity contribution in [3.8, 4) is 11.4 Å². The van der Waals surface area contributed by atoms with Gasteiger partial charge in [0.2, 0.25) is 5.82 Å². The van der Waals surface area contributed by atoms with Crippen molar-refractivity contribution in [2.24, 2.45) is 0 Å². The number of rotatable bonds is 3. The van der Waals surface area contributed by atoms with Crippen molar-refractivity contribution in [3.05, 3.63) is 58.7 Å². The standard InChI is InChI=1S/C17H13F6N5/c1-9-4-10(2-3-14(9)24)8-28-26-15(25-27-28)11-5-12(16(18,19)20)7-13(6-11)17(21,22)23/h2-7H,8,24H2,1H3. The van der Waals surface area contributed by atoms with Crippen LogP contribution in [-0.4, -0.2) is 20.2 Å². The highest BCUT2D eigenvalue weighted by molar-refractivity contribution is 5.58. The summed E-state index contributed by atoms with van der Waals surface area (Å²) in [4.78, 5) is 1.08. The fourth-order valence-electron chi connectivity index (χ4n) is 2.51. The minimum atomic E-state index is -4.95. The highest BCUT2D eigenvalue weighted by Gasteiger charge is 2.37. The first-order valence-electron chi connectivity index (χ1n) is 7.86. The summed E-state index contributed by atoms with van der Waals surface area (Å²) >= 11 is 0. The Labute approximate surface area is 154 Å². The molecule has 0 atom stereocenters. The Bertz CT molecular complexity index is 974. The number of hydrogen-bond donors (Lipinski definition) is 1. The van der Waals surface area contributed by atoms with Gasteiger partial charge in [0.05, 0.1) is 17.7 Å². The minimum absolute atomic E-state index is 0.0467. The molecule has 0 saturated heterocycles. The van der Waals surface area contributed by atoms with Gasteiger partial charge in [-0.25, -0.2) is 0 Å². The summed E-state index contributed by atoms with van der Waals surface area (Å²) in [5.41, 5.74) is 4.55. The smallest absolute Gasteiger partial charge is 0.399 e. The molecule has 0 bridgehead atoms. The number of alkyl halides is 6. The van der Waals surface area contributed by atoms with E-state index in [0.29, 0.717) is 17.8 Å². The van der Waals surface area contributed by atoms with Crippen molar-refractivity contribution < 1.29 is 26.3 Å².